The average Bonchev–Trinajstić information content (AvgIpc) is 3.42. The van der Waals surface area contributed by atoms with Crippen LogP contribution in [0.25, 0.3) is 11.5 Å². The Labute approximate surface area is 174 Å². The molecular formula is C20H25N2O7P. The van der Waals surface area contributed by atoms with Crippen molar-refractivity contribution in [2.75, 3.05) is 32.8 Å². The van der Waals surface area contributed by atoms with E-state index in [0.717, 1.165) is 0 Å². The number of hydrogen-bond acceptors (Lipinski definition) is 9. The lowest BCUT2D eigenvalue weighted by molar-refractivity contribution is 0.229. The molecule has 3 rings (SSSR count). The average molecular weight is 436 g/mol. The van der Waals surface area contributed by atoms with E-state index in [1.807, 2.05) is 6.07 Å². The molecule has 0 radical (unpaired) electrons. The molecule has 30 heavy (non-hydrogen) atoms. The number of rotatable bonds is 11. The predicted octanol–water partition coefficient (Wildman–Crippen LogP) is 4.46. The summed E-state index contributed by atoms with van der Waals surface area (Å²) in [5, 5.41) is 3.07. The molecule has 1 N–H and O–H groups in total. The number of nitrogens with one attached hydrogen (secondary N) is 1. The number of oxazole rings is 1. The Balaban J connectivity index is 2.03. The molecule has 0 fully saturated rings. The number of benzene rings is 1. The quantitative estimate of drug-likeness (QED) is 0.436. The first-order valence-corrected chi connectivity index (χ1v) is 11.0. The molecule has 0 aliphatic rings. The third-order valence-corrected chi connectivity index (χ3v) is 6.12. The van der Waals surface area contributed by atoms with Gasteiger partial charge in [-0.2, -0.15) is 4.98 Å². The van der Waals surface area contributed by atoms with Crippen molar-refractivity contribution < 1.29 is 31.9 Å². The monoisotopic (exact) mass is 436 g/mol. The molecule has 10 heteroatoms. The summed E-state index contributed by atoms with van der Waals surface area (Å²) >= 11 is 0. The summed E-state index contributed by atoms with van der Waals surface area (Å²) < 4.78 is 46.2. The third kappa shape index (κ3) is 4.70. The van der Waals surface area contributed by atoms with Crippen LogP contribution >= 0.6 is 7.60 Å². The minimum Gasteiger partial charge on any atom is -0.493 e. The van der Waals surface area contributed by atoms with Gasteiger partial charge in [0, 0.05) is 5.56 Å². The first-order chi connectivity index (χ1) is 14.5. The van der Waals surface area contributed by atoms with Gasteiger partial charge in [-0.1, -0.05) is 0 Å². The van der Waals surface area contributed by atoms with E-state index < -0.39 is 7.60 Å². The second kappa shape index (κ2) is 9.84. The van der Waals surface area contributed by atoms with Gasteiger partial charge in [-0.05, 0) is 44.2 Å². The molecule has 0 amide bonds. The van der Waals surface area contributed by atoms with Gasteiger partial charge in [-0.3, -0.25) is 4.57 Å². The van der Waals surface area contributed by atoms with Crippen LogP contribution in [0.1, 0.15) is 19.6 Å². The third-order valence-electron chi connectivity index (χ3n) is 4.10. The number of nitrogens with zero attached hydrogens (tertiary/aromatic N) is 1. The minimum atomic E-state index is -3.70. The lowest BCUT2D eigenvalue weighted by atomic mass is 10.2. The molecule has 9 nitrogen and oxygen atoms in total. The highest BCUT2D eigenvalue weighted by molar-refractivity contribution is 7.62. The summed E-state index contributed by atoms with van der Waals surface area (Å²) in [6, 6.07) is 8.80. The van der Waals surface area contributed by atoms with E-state index in [9.17, 15) is 4.57 Å². The molecule has 0 spiro atoms. The van der Waals surface area contributed by atoms with Crippen molar-refractivity contribution >= 4 is 18.9 Å². The Morgan fingerprint density at radius 1 is 1.07 bits per heavy atom. The molecule has 1 aromatic carbocycles. The van der Waals surface area contributed by atoms with Crippen LogP contribution in [0.5, 0.6) is 11.5 Å². The maximum Gasteiger partial charge on any atom is 0.385 e. The first-order valence-electron chi connectivity index (χ1n) is 9.43. The number of hydrogen-bond donors (Lipinski definition) is 1. The normalized spacial score (nSPS) is 11.5. The molecular weight excluding hydrogens is 411 g/mol. The standard InChI is InChI=1S/C20H25N2O7P/c1-5-27-30(23,28-6-2)20-19(21-13-15-8-7-11-26-15)29-18(22-20)14-9-10-16(24-3)17(12-14)25-4/h7-12,21H,5-6,13H2,1-4H3. The summed E-state index contributed by atoms with van der Waals surface area (Å²) in [5.41, 5.74) is 0.682. The van der Waals surface area contributed by atoms with E-state index in [2.05, 4.69) is 10.3 Å². The zero-order chi connectivity index (χ0) is 21.6. The van der Waals surface area contributed by atoms with Crippen LogP contribution in [0, 0.1) is 0 Å². The van der Waals surface area contributed by atoms with Gasteiger partial charge >= 0.3 is 7.60 Å². The number of ether oxygens (including phenoxy) is 2. The van der Waals surface area contributed by atoms with E-state index in [4.69, 9.17) is 27.4 Å². The summed E-state index contributed by atoms with van der Waals surface area (Å²) in [7, 11) is -0.611. The maximum atomic E-state index is 13.4. The Hall–Kier alpha value is -2.74. The molecule has 0 aliphatic heterocycles. The maximum absolute atomic E-state index is 13.4. The zero-order valence-electron chi connectivity index (χ0n) is 17.3. The van der Waals surface area contributed by atoms with Crippen molar-refractivity contribution in [3.63, 3.8) is 0 Å². The molecule has 0 atom stereocenters. The lowest BCUT2D eigenvalue weighted by Crippen LogP contribution is -2.16. The first kappa shape index (κ1) is 22.0. The molecule has 0 aliphatic carbocycles. The van der Waals surface area contributed by atoms with E-state index >= 15 is 0 Å². The van der Waals surface area contributed by atoms with E-state index in [1.54, 1.807) is 51.5 Å². The molecule has 0 bridgehead atoms. The molecule has 2 aromatic heterocycles. The molecule has 2 heterocycles. The zero-order valence-corrected chi connectivity index (χ0v) is 18.2. The van der Waals surface area contributed by atoms with E-state index in [1.165, 1.54) is 7.11 Å². The molecule has 162 valence electrons. The Morgan fingerprint density at radius 3 is 2.40 bits per heavy atom. The van der Waals surface area contributed by atoms with Crippen molar-refractivity contribution in [1.82, 2.24) is 4.98 Å². The highest BCUT2D eigenvalue weighted by Gasteiger charge is 2.36. The van der Waals surface area contributed by atoms with Crippen molar-refractivity contribution in [3.8, 4) is 23.0 Å². The minimum absolute atomic E-state index is 0.0718. The van der Waals surface area contributed by atoms with Gasteiger partial charge in [-0.25, -0.2) is 0 Å². The fraction of sp³-hybridized carbons (Fsp3) is 0.350. The van der Waals surface area contributed by atoms with E-state index in [0.29, 0.717) is 29.4 Å². The Morgan fingerprint density at radius 2 is 1.80 bits per heavy atom. The molecule has 0 saturated carbocycles. The largest absolute Gasteiger partial charge is 0.493 e. The smallest absolute Gasteiger partial charge is 0.385 e. The van der Waals surface area contributed by atoms with Crippen molar-refractivity contribution in [2.45, 2.75) is 20.4 Å². The Bertz CT molecular complexity index is 991. The summed E-state index contributed by atoms with van der Waals surface area (Å²) in [4.78, 5) is 4.45. The van der Waals surface area contributed by atoms with Gasteiger partial charge in [-0.15, -0.1) is 0 Å². The number of aromatic nitrogens is 1. The van der Waals surface area contributed by atoms with Gasteiger partial charge < -0.3 is 32.7 Å². The van der Waals surface area contributed by atoms with Crippen LogP contribution in [0.2, 0.25) is 0 Å². The van der Waals surface area contributed by atoms with Crippen LogP contribution in [-0.4, -0.2) is 32.4 Å². The fourth-order valence-electron chi connectivity index (χ4n) is 2.79. The van der Waals surface area contributed by atoms with Crippen LogP contribution in [0.4, 0.5) is 5.88 Å². The topological polar surface area (TPSA) is 105 Å². The van der Waals surface area contributed by atoms with Gasteiger partial charge in [0.15, 0.2) is 11.5 Å². The molecule has 0 saturated heterocycles. The predicted molar refractivity (Wildman–Crippen MR) is 112 cm³/mol. The second-order valence-electron chi connectivity index (χ2n) is 6.01. The summed E-state index contributed by atoms with van der Waals surface area (Å²) in [5.74, 6) is 2.16. The van der Waals surface area contributed by atoms with Gasteiger partial charge in [0.1, 0.15) is 5.76 Å². The second-order valence-corrected chi connectivity index (χ2v) is 7.94. The van der Waals surface area contributed by atoms with Crippen LogP contribution < -0.4 is 20.2 Å². The SMILES string of the molecule is CCOP(=O)(OCC)c1nc(-c2ccc(OC)c(OC)c2)oc1NCc1ccco1. The number of anilines is 1. The van der Waals surface area contributed by atoms with Gasteiger partial charge in [0.2, 0.25) is 17.2 Å². The molecule has 3 aromatic rings. The van der Waals surface area contributed by atoms with Crippen LogP contribution in [-0.2, 0) is 20.2 Å². The van der Waals surface area contributed by atoms with Crippen LogP contribution in [0.3, 0.4) is 0 Å². The van der Waals surface area contributed by atoms with Crippen LogP contribution in [0.15, 0.2) is 45.4 Å². The van der Waals surface area contributed by atoms with E-state index in [-0.39, 0.29) is 30.4 Å². The van der Waals surface area contributed by atoms with Crippen molar-refractivity contribution in [1.29, 1.82) is 0 Å². The van der Waals surface area contributed by atoms with Gasteiger partial charge in [0.25, 0.3) is 0 Å². The highest BCUT2D eigenvalue weighted by atomic mass is 31.2. The van der Waals surface area contributed by atoms with Crippen molar-refractivity contribution in [2.24, 2.45) is 0 Å². The summed E-state index contributed by atoms with van der Waals surface area (Å²) in [6.45, 7) is 4.15. The lowest BCUT2D eigenvalue weighted by Gasteiger charge is -2.15. The highest BCUT2D eigenvalue weighted by Crippen LogP contribution is 2.49. The van der Waals surface area contributed by atoms with Crippen molar-refractivity contribution in [3.05, 3.63) is 42.4 Å². The number of methoxy groups -OCH3 is 2. The van der Waals surface area contributed by atoms with Gasteiger partial charge in [0.05, 0.1) is 40.2 Å². The Kier molecular flexibility index (Phi) is 7.20. The molecule has 0 unspecified atom stereocenters. The summed E-state index contributed by atoms with van der Waals surface area (Å²) in [6.07, 6.45) is 1.57. The fourth-order valence-corrected chi connectivity index (χ4v) is 4.37. The number of furan rings is 1.